The molecule has 6 nitrogen and oxygen atoms in total. The highest BCUT2D eigenvalue weighted by atomic mass is 19.1. The fraction of sp³-hybridized carbons (Fsp3) is 0.269. The zero-order valence-electron chi connectivity index (χ0n) is 18.6. The Morgan fingerprint density at radius 2 is 2.12 bits per heavy atom. The maximum Gasteiger partial charge on any atom is 0.220 e. The molecule has 7 heteroatoms. The number of aromatic amines is 1. The molecule has 2 N–H and O–H groups in total. The van der Waals surface area contributed by atoms with Crippen LogP contribution in [0.15, 0.2) is 48.8 Å². The Bertz CT molecular complexity index is 1350. The molecule has 1 aliphatic heterocycles. The summed E-state index contributed by atoms with van der Waals surface area (Å²) in [6.45, 7) is 4.05. The number of hydrogen-bond acceptors (Lipinski definition) is 4. The summed E-state index contributed by atoms with van der Waals surface area (Å²) in [4.78, 5) is 24.5. The van der Waals surface area contributed by atoms with E-state index in [9.17, 15) is 9.18 Å². The van der Waals surface area contributed by atoms with E-state index in [1.807, 2.05) is 44.3 Å². The van der Waals surface area contributed by atoms with Gasteiger partial charge in [-0.2, -0.15) is 0 Å². The molecule has 0 radical (unpaired) electrons. The van der Waals surface area contributed by atoms with Crippen LogP contribution in [0, 0.1) is 19.7 Å². The van der Waals surface area contributed by atoms with Gasteiger partial charge in [0.05, 0.1) is 23.6 Å². The summed E-state index contributed by atoms with van der Waals surface area (Å²) in [5, 5.41) is 4.07. The minimum absolute atomic E-state index is 0.0494. The van der Waals surface area contributed by atoms with Gasteiger partial charge in [-0.1, -0.05) is 18.2 Å². The number of rotatable bonds is 6. The van der Waals surface area contributed by atoms with Crippen molar-refractivity contribution < 1.29 is 13.9 Å². The first-order valence-electron chi connectivity index (χ1n) is 11.1. The molecule has 0 aliphatic carbocycles. The maximum absolute atomic E-state index is 14.8. The summed E-state index contributed by atoms with van der Waals surface area (Å²) < 4.78 is 20.6. The number of fused-ring (bicyclic) bond motifs is 2. The molecule has 0 saturated carbocycles. The van der Waals surface area contributed by atoms with Gasteiger partial charge in [-0.15, -0.1) is 0 Å². The molecule has 2 aromatic heterocycles. The number of hydrogen-bond donors (Lipinski definition) is 2. The lowest BCUT2D eigenvalue weighted by molar-refractivity contribution is -0.121. The topological polar surface area (TPSA) is 79.9 Å². The average Bonchev–Trinajstić information content (AvgIpc) is 3.42. The molecule has 1 atom stereocenters. The van der Waals surface area contributed by atoms with Crippen molar-refractivity contribution in [1.82, 2.24) is 20.3 Å². The third-order valence-electron chi connectivity index (χ3n) is 6.03. The van der Waals surface area contributed by atoms with Crippen LogP contribution in [0.2, 0.25) is 0 Å². The van der Waals surface area contributed by atoms with Gasteiger partial charge in [0, 0.05) is 47.3 Å². The number of nitrogens with zero attached hydrogens (tertiary/aromatic N) is 2. The smallest absolute Gasteiger partial charge is 0.220 e. The molecule has 168 valence electrons. The van der Waals surface area contributed by atoms with E-state index in [0.29, 0.717) is 37.1 Å². The van der Waals surface area contributed by atoms with E-state index in [1.54, 1.807) is 6.20 Å². The van der Waals surface area contributed by atoms with Crippen molar-refractivity contribution in [3.05, 3.63) is 77.1 Å². The molecule has 33 heavy (non-hydrogen) atoms. The Balaban J connectivity index is 1.20. The maximum atomic E-state index is 14.8. The first kappa shape index (κ1) is 21.1. The number of amides is 1. The predicted octanol–water partition coefficient (Wildman–Crippen LogP) is 4.43. The van der Waals surface area contributed by atoms with Crippen molar-refractivity contribution in [2.45, 2.75) is 39.2 Å². The number of aromatic nitrogens is 3. The highest BCUT2D eigenvalue weighted by molar-refractivity contribution is 5.84. The highest BCUT2D eigenvalue weighted by Crippen LogP contribution is 2.36. The lowest BCUT2D eigenvalue weighted by Gasteiger charge is -2.12. The van der Waals surface area contributed by atoms with Gasteiger partial charge in [-0.05, 0) is 44.0 Å². The van der Waals surface area contributed by atoms with Crippen LogP contribution in [0.4, 0.5) is 4.39 Å². The van der Waals surface area contributed by atoms with Crippen LogP contribution >= 0.6 is 0 Å². The van der Waals surface area contributed by atoms with Gasteiger partial charge in [-0.3, -0.25) is 9.78 Å². The minimum Gasteiger partial charge on any atom is -0.485 e. The predicted molar refractivity (Wildman–Crippen MR) is 125 cm³/mol. The summed E-state index contributed by atoms with van der Waals surface area (Å²) in [6.07, 6.45) is 4.91. The van der Waals surface area contributed by atoms with Gasteiger partial charge in [0.2, 0.25) is 5.91 Å². The Morgan fingerprint density at radius 1 is 1.27 bits per heavy atom. The Morgan fingerprint density at radius 3 is 3.00 bits per heavy atom. The van der Waals surface area contributed by atoms with Crippen LogP contribution < -0.4 is 10.1 Å². The van der Waals surface area contributed by atoms with Crippen LogP contribution in [0.25, 0.3) is 22.2 Å². The first-order valence-corrected chi connectivity index (χ1v) is 11.1. The molecule has 2 aromatic carbocycles. The van der Waals surface area contributed by atoms with E-state index < -0.39 is 5.82 Å². The SMILES string of the molecule is Cc1cnc(C)c(-c2cc(F)c3c(c2)CC(CNC(=O)CCc2c[nH]c4ccccc24)O3)n1. The number of aryl methyl sites for hydroxylation is 3. The van der Waals surface area contributed by atoms with E-state index in [4.69, 9.17) is 4.74 Å². The van der Waals surface area contributed by atoms with Gasteiger partial charge >= 0.3 is 0 Å². The van der Waals surface area contributed by atoms with E-state index in [2.05, 4.69) is 26.3 Å². The fourth-order valence-electron chi connectivity index (χ4n) is 4.35. The number of carbonyl (C=O) groups is 1. The number of para-hydroxylation sites is 1. The van der Waals surface area contributed by atoms with Crippen molar-refractivity contribution in [1.29, 1.82) is 0 Å². The van der Waals surface area contributed by atoms with Crippen LogP contribution in [0.1, 0.15) is 28.9 Å². The van der Waals surface area contributed by atoms with Gasteiger partial charge in [0.15, 0.2) is 11.6 Å². The number of carbonyl (C=O) groups excluding carboxylic acids is 1. The second-order valence-electron chi connectivity index (χ2n) is 8.50. The van der Waals surface area contributed by atoms with Crippen LogP contribution in [0.5, 0.6) is 5.75 Å². The first-order chi connectivity index (χ1) is 16.0. The zero-order chi connectivity index (χ0) is 22.9. The molecular formula is C26H25FN4O2. The van der Waals surface area contributed by atoms with Crippen molar-refractivity contribution in [2.24, 2.45) is 0 Å². The van der Waals surface area contributed by atoms with Crippen LogP contribution in [0.3, 0.4) is 0 Å². The molecule has 5 rings (SSSR count). The standard InChI is InChI=1S/C26H25FN4O2/c1-15-12-28-16(2)25(31-15)18-9-19-10-20(33-26(19)22(27)11-18)14-30-24(32)8-7-17-13-29-23-6-4-3-5-21(17)23/h3-6,9,11-13,20,29H,7-8,10,14H2,1-2H3,(H,30,32). The minimum atomic E-state index is -0.418. The molecule has 1 aliphatic rings. The Kier molecular flexibility index (Phi) is 5.54. The number of H-pyrrole nitrogens is 1. The average molecular weight is 445 g/mol. The quantitative estimate of drug-likeness (QED) is 0.461. The fourth-order valence-corrected chi connectivity index (χ4v) is 4.35. The number of ether oxygens (including phenoxy) is 1. The third-order valence-corrected chi connectivity index (χ3v) is 6.03. The largest absolute Gasteiger partial charge is 0.485 e. The molecule has 4 aromatic rings. The van der Waals surface area contributed by atoms with Gasteiger partial charge < -0.3 is 15.0 Å². The monoisotopic (exact) mass is 444 g/mol. The third kappa shape index (κ3) is 4.31. The van der Waals surface area contributed by atoms with Crippen molar-refractivity contribution in [2.75, 3.05) is 6.54 Å². The number of halogens is 1. The Hall–Kier alpha value is -3.74. The number of nitrogens with one attached hydrogen (secondary N) is 2. The van der Waals surface area contributed by atoms with E-state index in [-0.39, 0.29) is 17.8 Å². The summed E-state index contributed by atoms with van der Waals surface area (Å²) in [7, 11) is 0. The van der Waals surface area contributed by atoms with E-state index >= 15 is 0 Å². The summed E-state index contributed by atoms with van der Waals surface area (Å²) in [5.41, 5.74) is 5.86. The van der Waals surface area contributed by atoms with E-state index in [1.165, 1.54) is 6.07 Å². The summed E-state index contributed by atoms with van der Waals surface area (Å²) >= 11 is 0. The molecule has 1 amide bonds. The molecular weight excluding hydrogens is 419 g/mol. The van der Waals surface area contributed by atoms with Gasteiger partial charge in [0.25, 0.3) is 0 Å². The molecule has 0 fully saturated rings. The molecule has 0 bridgehead atoms. The van der Waals surface area contributed by atoms with E-state index in [0.717, 1.165) is 33.4 Å². The Labute approximate surface area is 191 Å². The van der Waals surface area contributed by atoms with Crippen molar-refractivity contribution >= 4 is 16.8 Å². The lowest BCUT2D eigenvalue weighted by Crippen LogP contribution is -2.34. The second kappa shape index (κ2) is 8.65. The normalized spacial score (nSPS) is 14.8. The van der Waals surface area contributed by atoms with Crippen LogP contribution in [-0.2, 0) is 17.6 Å². The van der Waals surface area contributed by atoms with Crippen molar-refractivity contribution in [3.8, 4) is 17.0 Å². The molecule has 0 saturated heterocycles. The zero-order valence-corrected chi connectivity index (χ0v) is 18.6. The lowest BCUT2D eigenvalue weighted by atomic mass is 10.0. The van der Waals surface area contributed by atoms with Gasteiger partial charge in [-0.25, -0.2) is 9.37 Å². The van der Waals surface area contributed by atoms with Crippen LogP contribution in [-0.4, -0.2) is 33.5 Å². The van der Waals surface area contributed by atoms with Gasteiger partial charge in [0.1, 0.15) is 6.10 Å². The molecule has 1 unspecified atom stereocenters. The molecule has 0 spiro atoms. The molecule has 3 heterocycles. The second-order valence-corrected chi connectivity index (χ2v) is 8.50. The number of benzene rings is 2. The summed E-state index contributed by atoms with van der Waals surface area (Å²) in [6, 6.07) is 11.4. The van der Waals surface area contributed by atoms with Crippen molar-refractivity contribution in [3.63, 3.8) is 0 Å². The summed E-state index contributed by atoms with van der Waals surface area (Å²) in [5.74, 6) is -0.208. The highest BCUT2D eigenvalue weighted by Gasteiger charge is 2.27.